The normalized spacial score (nSPS) is 12.2. The van der Waals surface area contributed by atoms with Crippen LogP contribution < -0.4 is 5.32 Å². The standard InChI is InChI=1S/C12H20N2O5S/c1-4-7-14(8-5-2)12(17)13-10(11(15)16)6-9-20(3,18)19/h1,10H,5-9H2,2-3H3,(H,13,17)(H,15,16). The summed E-state index contributed by atoms with van der Waals surface area (Å²) in [6, 6.07) is -1.86. The Morgan fingerprint density at radius 2 is 2.05 bits per heavy atom. The topological polar surface area (TPSA) is 104 Å². The van der Waals surface area contributed by atoms with Crippen molar-refractivity contribution in [3.8, 4) is 12.3 Å². The third-order valence-corrected chi connectivity index (χ3v) is 3.41. The van der Waals surface area contributed by atoms with Gasteiger partial charge in [0.1, 0.15) is 15.9 Å². The number of nitrogens with one attached hydrogen (secondary N) is 1. The molecule has 2 N–H and O–H groups in total. The number of carbonyl (C=O) groups excluding carboxylic acids is 1. The first-order chi connectivity index (χ1) is 9.21. The van der Waals surface area contributed by atoms with Crippen LogP contribution in [0, 0.1) is 12.3 Å². The Morgan fingerprint density at radius 1 is 1.45 bits per heavy atom. The summed E-state index contributed by atoms with van der Waals surface area (Å²) in [6.07, 6.45) is 6.64. The van der Waals surface area contributed by atoms with E-state index in [1.54, 1.807) is 0 Å². The van der Waals surface area contributed by atoms with Gasteiger partial charge in [-0.2, -0.15) is 0 Å². The number of carboxylic acid groups (broad SMARTS) is 1. The van der Waals surface area contributed by atoms with E-state index in [4.69, 9.17) is 11.5 Å². The molecule has 0 fully saturated rings. The molecule has 2 amide bonds. The number of hydrogen-bond donors (Lipinski definition) is 2. The molecule has 0 aliphatic carbocycles. The summed E-state index contributed by atoms with van der Waals surface area (Å²) in [6.45, 7) is 2.32. The van der Waals surface area contributed by atoms with E-state index in [1.165, 1.54) is 4.90 Å². The van der Waals surface area contributed by atoms with Crippen LogP contribution in [0.1, 0.15) is 19.8 Å². The van der Waals surface area contributed by atoms with Gasteiger partial charge in [0, 0.05) is 12.8 Å². The predicted octanol–water partition coefficient (Wildman–Crippen LogP) is -0.0709. The Morgan fingerprint density at radius 3 is 2.45 bits per heavy atom. The lowest BCUT2D eigenvalue weighted by molar-refractivity contribution is -0.139. The van der Waals surface area contributed by atoms with Gasteiger partial charge in [-0.15, -0.1) is 6.42 Å². The average molecular weight is 304 g/mol. The maximum Gasteiger partial charge on any atom is 0.326 e. The van der Waals surface area contributed by atoms with Gasteiger partial charge in [-0.3, -0.25) is 0 Å². The highest BCUT2D eigenvalue weighted by Crippen LogP contribution is 2.00. The Bertz CT molecular complexity index is 481. The van der Waals surface area contributed by atoms with Crippen LogP contribution in [-0.4, -0.2) is 61.6 Å². The quantitative estimate of drug-likeness (QED) is 0.611. The average Bonchev–Trinajstić information content (AvgIpc) is 2.32. The van der Waals surface area contributed by atoms with Crippen LogP contribution in [-0.2, 0) is 14.6 Å². The van der Waals surface area contributed by atoms with Crippen molar-refractivity contribution in [2.24, 2.45) is 0 Å². The Hall–Kier alpha value is -1.75. The number of nitrogens with zero attached hydrogens (tertiary/aromatic N) is 1. The minimum atomic E-state index is -3.29. The van der Waals surface area contributed by atoms with Crippen LogP contribution in [0.25, 0.3) is 0 Å². The van der Waals surface area contributed by atoms with Crippen LogP contribution >= 0.6 is 0 Å². The third-order valence-electron chi connectivity index (χ3n) is 2.44. The Balaban J connectivity index is 4.69. The molecule has 8 heteroatoms. The highest BCUT2D eigenvalue weighted by atomic mass is 32.2. The summed E-state index contributed by atoms with van der Waals surface area (Å²) in [5.74, 6) is 0.723. The minimum Gasteiger partial charge on any atom is -0.480 e. The zero-order valence-electron chi connectivity index (χ0n) is 11.6. The van der Waals surface area contributed by atoms with Crippen molar-refractivity contribution < 1.29 is 23.1 Å². The molecule has 0 rings (SSSR count). The van der Waals surface area contributed by atoms with Crippen molar-refractivity contribution in [1.82, 2.24) is 10.2 Å². The van der Waals surface area contributed by atoms with Crippen LogP contribution in [0.2, 0.25) is 0 Å². The maximum atomic E-state index is 11.9. The number of aliphatic carboxylic acids is 1. The lowest BCUT2D eigenvalue weighted by Crippen LogP contribution is -2.48. The second kappa shape index (κ2) is 8.43. The Kier molecular flexibility index (Phi) is 7.69. The largest absolute Gasteiger partial charge is 0.480 e. The number of carbonyl (C=O) groups is 2. The second-order valence-corrected chi connectivity index (χ2v) is 6.64. The number of hydrogen-bond acceptors (Lipinski definition) is 4. The third kappa shape index (κ3) is 7.63. The smallest absolute Gasteiger partial charge is 0.326 e. The molecule has 0 aromatic heterocycles. The molecule has 114 valence electrons. The number of carboxylic acids is 1. The zero-order chi connectivity index (χ0) is 15.8. The molecule has 7 nitrogen and oxygen atoms in total. The van der Waals surface area contributed by atoms with Crippen LogP contribution in [0.4, 0.5) is 4.79 Å². The molecule has 0 aromatic rings. The molecule has 1 unspecified atom stereocenters. The van der Waals surface area contributed by atoms with Crippen molar-refractivity contribution in [1.29, 1.82) is 0 Å². The van der Waals surface area contributed by atoms with Gasteiger partial charge in [-0.1, -0.05) is 12.8 Å². The van der Waals surface area contributed by atoms with Crippen LogP contribution in [0.3, 0.4) is 0 Å². The molecule has 0 saturated heterocycles. The van der Waals surface area contributed by atoms with Gasteiger partial charge in [0.15, 0.2) is 0 Å². The monoisotopic (exact) mass is 304 g/mol. The molecule has 0 bridgehead atoms. The van der Waals surface area contributed by atoms with Gasteiger partial charge >= 0.3 is 12.0 Å². The first-order valence-corrected chi connectivity index (χ1v) is 8.16. The van der Waals surface area contributed by atoms with Crippen molar-refractivity contribution in [3.63, 3.8) is 0 Å². The minimum absolute atomic E-state index is 0.0675. The van der Waals surface area contributed by atoms with Crippen molar-refractivity contribution >= 4 is 21.8 Å². The van der Waals surface area contributed by atoms with Gasteiger partial charge in [-0.25, -0.2) is 18.0 Å². The van der Waals surface area contributed by atoms with E-state index in [0.717, 1.165) is 6.26 Å². The molecule has 0 aliphatic rings. The number of rotatable bonds is 8. The molecule has 0 aromatic carbocycles. The summed E-state index contributed by atoms with van der Waals surface area (Å²) in [5, 5.41) is 11.3. The van der Waals surface area contributed by atoms with Gasteiger partial charge in [-0.05, 0) is 12.8 Å². The fourth-order valence-electron chi connectivity index (χ4n) is 1.46. The molecule has 0 heterocycles. The summed E-state index contributed by atoms with van der Waals surface area (Å²) in [4.78, 5) is 24.2. The van der Waals surface area contributed by atoms with Crippen LogP contribution in [0.15, 0.2) is 0 Å². The lowest BCUT2D eigenvalue weighted by Gasteiger charge is -2.22. The molecular formula is C12H20N2O5S. The number of sulfone groups is 1. The van der Waals surface area contributed by atoms with Gasteiger partial charge in [0.05, 0.1) is 12.3 Å². The van der Waals surface area contributed by atoms with Crippen molar-refractivity contribution in [2.45, 2.75) is 25.8 Å². The van der Waals surface area contributed by atoms with Crippen LogP contribution in [0.5, 0.6) is 0 Å². The van der Waals surface area contributed by atoms with E-state index in [0.29, 0.717) is 13.0 Å². The fourth-order valence-corrected chi connectivity index (χ4v) is 2.13. The SMILES string of the molecule is C#CCN(CCC)C(=O)NC(CCS(C)(=O)=O)C(=O)O. The molecular weight excluding hydrogens is 284 g/mol. The summed E-state index contributed by atoms with van der Waals surface area (Å²) in [7, 11) is -3.29. The van der Waals surface area contributed by atoms with Gasteiger partial charge in [0.25, 0.3) is 0 Å². The van der Waals surface area contributed by atoms with E-state index >= 15 is 0 Å². The lowest BCUT2D eigenvalue weighted by atomic mass is 10.2. The fraction of sp³-hybridized carbons (Fsp3) is 0.667. The van der Waals surface area contributed by atoms with Gasteiger partial charge < -0.3 is 15.3 Å². The van der Waals surface area contributed by atoms with Crippen molar-refractivity contribution in [2.75, 3.05) is 25.1 Å². The van der Waals surface area contributed by atoms with Gasteiger partial charge in [0.2, 0.25) is 0 Å². The summed E-state index contributed by atoms with van der Waals surface area (Å²) in [5.41, 5.74) is 0. The maximum absolute atomic E-state index is 11.9. The molecule has 1 atom stereocenters. The number of amides is 2. The van der Waals surface area contributed by atoms with E-state index in [-0.39, 0.29) is 18.7 Å². The molecule has 0 aliphatic heterocycles. The van der Waals surface area contributed by atoms with E-state index in [2.05, 4.69) is 11.2 Å². The second-order valence-electron chi connectivity index (χ2n) is 4.38. The summed E-state index contributed by atoms with van der Waals surface area (Å²) >= 11 is 0. The van der Waals surface area contributed by atoms with Crippen molar-refractivity contribution in [3.05, 3.63) is 0 Å². The van der Waals surface area contributed by atoms with E-state index in [1.807, 2.05) is 6.92 Å². The highest BCUT2D eigenvalue weighted by Gasteiger charge is 2.23. The molecule has 0 spiro atoms. The predicted molar refractivity (Wildman–Crippen MR) is 75.0 cm³/mol. The first-order valence-electron chi connectivity index (χ1n) is 6.10. The first kappa shape index (κ1) is 18.2. The molecule has 0 radical (unpaired) electrons. The zero-order valence-corrected chi connectivity index (χ0v) is 12.4. The van der Waals surface area contributed by atoms with E-state index in [9.17, 15) is 18.0 Å². The molecule has 20 heavy (non-hydrogen) atoms. The highest BCUT2D eigenvalue weighted by molar-refractivity contribution is 7.90. The number of urea groups is 1. The molecule has 0 saturated carbocycles. The Labute approximate surface area is 119 Å². The number of terminal acetylenes is 1. The summed E-state index contributed by atoms with van der Waals surface area (Å²) < 4.78 is 22.1. The van der Waals surface area contributed by atoms with E-state index < -0.39 is 27.9 Å².